The summed E-state index contributed by atoms with van der Waals surface area (Å²) < 4.78 is 0. The van der Waals surface area contributed by atoms with E-state index in [0.717, 1.165) is 5.56 Å². The van der Waals surface area contributed by atoms with Gasteiger partial charge in [0, 0.05) is 30.1 Å². The van der Waals surface area contributed by atoms with E-state index >= 15 is 0 Å². The van der Waals surface area contributed by atoms with Crippen molar-refractivity contribution < 1.29 is 14.4 Å². The summed E-state index contributed by atoms with van der Waals surface area (Å²) in [6.07, 6.45) is 0.148. The summed E-state index contributed by atoms with van der Waals surface area (Å²) in [7, 11) is 0. The summed E-state index contributed by atoms with van der Waals surface area (Å²) in [5.41, 5.74) is 6.06. The van der Waals surface area contributed by atoms with Crippen molar-refractivity contribution in [1.82, 2.24) is 10.9 Å². The van der Waals surface area contributed by atoms with Gasteiger partial charge in [0.15, 0.2) is 0 Å². The zero-order chi connectivity index (χ0) is 21.1. The highest BCUT2D eigenvalue weighted by Crippen LogP contribution is 2.15. The van der Waals surface area contributed by atoms with Gasteiger partial charge in [-0.15, -0.1) is 0 Å². The van der Waals surface area contributed by atoms with Gasteiger partial charge >= 0.3 is 0 Å². The Labute approximate surface area is 174 Å². The molecule has 2 N–H and O–H groups in total. The number of para-hydroxylation sites is 1. The van der Waals surface area contributed by atoms with Crippen molar-refractivity contribution in [2.45, 2.75) is 25.7 Å². The minimum absolute atomic E-state index is 0.0424. The molecule has 7 nitrogen and oxygen atoms in total. The maximum absolute atomic E-state index is 12.5. The fourth-order valence-electron chi connectivity index (χ4n) is 2.56. The van der Waals surface area contributed by atoms with Crippen LogP contribution in [0.25, 0.3) is 0 Å². The number of hydrogen-bond donors (Lipinski definition) is 2. The molecule has 0 heterocycles. The number of carbonyl (C=O) groups excluding carboxylic acids is 3. The molecule has 0 bridgehead atoms. The van der Waals surface area contributed by atoms with Gasteiger partial charge in [-0.05, 0) is 29.8 Å². The van der Waals surface area contributed by atoms with Gasteiger partial charge in [0.2, 0.25) is 17.7 Å². The lowest BCUT2D eigenvalue weighted by Crippen LogP contribution is -2.43. The first kappa shape index (κ1) is 21.9. The molecule has 150 valence electrons. The molecule has 0 spiro atoms. The number of nitrogens with zero attached hydrogens (tertiary/aromatic N) is 2. The molecule has 0 saturated carbocycles. The molecule has 0 saturated heterocycles. The molecular formula is C21H21ClN4O3. The summed E-state index contributed by atoms with van der Waals surface area (Å²) in [6, 6.07) is 17.8. The Morgan fingerprint density at radius 3 is 2.24 bits per heavy atom. The maximum atomic E-state index is 12.5. The topological polar surface area (TPSA) is 102 Å². The average molecular weight is 413 g/mol. The number of benzene rings is 2. The van der Waals surface area contributed by atoms with Crippen LogP contribution in [-0.4, -0.2) is 24.3 Å². The molecule has 3 amide bonds. The summed E-state index contributed by atoms with van der Waals surface area (Å²) in [5, 5.41) is 9.38. The maximum Gasteiger partial charge on any atom is 0.242 e. The lowest BCUT2D eigenvalue weighted by Gasteiger charge is -2.21. The molecular weight excluding hydrogens is 392 g/mol. The number of carbonyl (C=O) groups is 3. The van der Waals surface area contributed by atoms with Crippen molar-refractivity contribution in [3.05, 3.63) is 65.2 Å². The fraction of sp³-hybridized carbons (Fsp3) is 0.238. The highest BCUT2D eigenvalue weighted by molar-refractivity contribution is 6.30. The Morgan fingerprint density at radius 1 is 0.931 bits per heavy atom. The van der Waals surface area contributed by atoms with Crippen LogP contribution in [-0.2, 0) is 20.8 Å². The number of anilines is 1. The summed E-state index contributed by atoms with van der Waals surface area (Å²) in [4.78, 5) is 37.8. The van der Waals surface area contributed by atoms with Gasteiger partial charge in [-0.2, -0.15) is 5.26 Å². The number of amides is 3. The van der Waals surface area contributed by atoms with Crippen LogP contribution in [0.2, 0.25) is 5.02 Å². The van der Waals surface area contributed by atoms with E-state index in [1.165, 1.54) is 4.90 Å². The number of nitriles is 1. The zero-order valence-electron chi connectivity index (χ0n) is 15.7. The van der Waals surface area contributed by atoms with Crippen LogP contribution in [0.3, 0.4) is 0 Å². The Hall–Kier alpha value is -3.37. The first-order valence-corrected chi connectivity index (χ1v) is 9.42. The Kier molecular flexibility index (Phi) is 8.67. The average Bonchev–Trinajstić information content (AvgIpc) is 2.73. The lowest BCUT2D eigenvalue weighted by atomic mass is 10.1. The van der Waals surface area contributed by atoms with Crippen LogP contribution in [0.4, 0.5) is 5.69 Å². The van der Waals surface area contributed by atoms with Crippen LogP contribution in [0.5, 0.6) is 0 Å². The third kappa shape index (κ3) is 7.64. The van der Waals surface area contributed by atoms with Crippen LogP contribution >= 0.6 is 11.6 Å². The van der Waals surface area contributed by atoms with Crippen molar-refractivity contribution in [3.63, 3.8) is 0 Å². The van der Waals surface area contributed by atoms with Crippen molar-refractivity contribution in [2.24, 2.45) is 0 Å². The molecule has 0 aliphatic heterocycles. The van der Waals surface area contributed by atoms with Crippen molar-refractivity contribution in [1.29, 1.82) is 5.26 Å². The third-order valence-corrected chi connectivity index (χ3v) is 4.25. The predicted molar refractivity (Wildman–Crippen MR) is 110 cm³/mol. The van der Waals surface area contributed by atoms with Crippen LogP contribution in [0.15, 0.2) is 54.6 Å². The molecule has 0 aromatic heterocycles. The molecule has 0 aliphatic rings. The van der Waals surface area contributed by atoms with Gasteiger partial charge in [-0.1, -0.05) is 41.9 Å². The van der Waals surface area contributed by atoms with Crippen molar-refractivity contribution in [2.75, 3.05) is 11.4 Å². The summed E-state index contributed by atoms with van der Waals surface area (Å²) in [6.45, 7) is 0.249. The van der Waals surface area contributed by atoms with Crippen LogP contribution in [0, 0.1) is 11.3 Å². The molecule has 29 heavy (non-hydrogen) atoms. The zero-order valence-corrected chi connectivity index (χ0v) is 16.5. The van der Waals surface area contributed by atoms with Gasteiger partial charge in [0.05, 0.1) is 18.9 Å². The van der Waals surface area contributed by atoms with Gasteiger partial charge < -0.3 is 4.90 Å². The fourth-order valence-corrected chi connectivity index (χ4v) is 2.68. The Balaban J connectivity index is 1.79. The Bertz CT molecular complexity index is 879. The smallest absolute Gasteiger partial charge is 0.242 e. The number of halogens is 1. The largest absolute Gasteiger partial charge is 0.311 e. The number of hydrazine groups is 1. The minimum Gasteiger partial charge on any atom is -0.311 e. The summed E-state index contributed by atoms with van der Waals surface area (Å²) >= 11 is 5.80. The molecule has 0 unspecified atom stereocenters. The standard InChI is InChI=1S/C21H21ClN4O3/c22-17-9-7-16(8-10-17)15-20(28)25-24-19(27)11-12-21(29)26(14-4-13-23)18-5-2-1-3-6-18/h1-3,5-10H,4,11-12,14-15H2,(H,24,27)(H,25,28). The number of rotatable bonds is 8. The predicted octanol–water partition coefficient (Wildman–Crippen LogP) is 2.76. The molecule has 2 aromatic rings. The van der Waals surface area contributed by atoms with E-state index in [0.29, 0.717) is 10.7 Å². The first-order valence-electron chi connectivity index (χ1n) is 9.04. The van der Waals surface area contributed by atoms with Crippen LogP contribution in [0.1, 0.15) is 24.8 Å². The van der Waals surface area contributed by atoms with Gasteiger partial charge in [0.1, 0.15) is 0 Å². The van der Waals surface area contributed by atoms with E-state index < -0.39 is 5.91 Å². The first-order chi connectivity index (χ1) is 14.0. The SMILES string of the molecule is N#CCCN(C(=O)CCC(=O)NNC(=O)Cc1ccc(Cl)cc1)c1ccccc1. The van der Waals surface area contributed by atoms with E-state index in [9.17, 15) is 14.4 Å². The highest BCUT2D eigenvalue weighted by atomic mass is 35.5. The van der Waals surface area contributed by atoms with Gasteiger partial charge in [0.25, 0.3) is 0 Å². The quantitative estimate of drug-likeness (QED) is 0.650. The number of nitrogens with one attached hydrogen (secondary N) is 2. The molecule has 2 rings (SSSR count). The second-order valence-corrected chi connectivity index (χ2v) is 6.63. The van der Waals surface area contributed by atoms with E-state index in [2.05, 4.69) is 10.9 Å². The van der Waals surface area contributed by atoms with Crippen LogP contribution < -0.4 is 15.8 Å². The molecule has 0 atom stereocenters. The van der Waals surface area contributed by atoms with E-state index in [4.69, 9.17) is 16.9 Å². The normalized spacial score (nSPS) is 9.93. The molecule has 0 fully saturated rings. The monoisotopic (exact) mass is 412 g/mol. The Morgan fingerprint density at radius 2 is 1.59 bits per heavy atom. The van der Waals surface area contributed by atoms with E-state index in [1.807, 2.05) is 12.1 Å². The lowest BCUT2D eigenvalue weighted by molar-refractivity contribution is -0.129. The van der Waals surface area contributed by atoms with Crippen molar-refractivity contribution in [3.8, 4) is 6.07 Å². The van der Waals surface area contributed by atoms with Gasteiger partial charge in [-0.25, -0.2) is 0 Å². The van der Waals surface area contributed by atoms with Gasteiger partial charge in [-0.3, -0.25) is 25.2 Å². The third-order valence-electron chi connectivity index (χ3n) is 4.00. The highest BCUT2D eigenvalue weighted by Gasteiger charge is 2.17. The molecule has 2 aromatic carbocycles. The van der Waals surface area contributed by atoms with Crippen molar-refractivity contribution >= 4 is 35.0 Å². The molecule has 8 heteroatoms. The molecule has 0 radical (unpaired) electrons. The molecule has 0 aliphatic carbocycles. The second kappa shape index (κ2) is 11.5. The van der Waals surface area contributed by atoms with E-state index in [-0.39, 0.29) is 44.0 Å². The second-order valence-electron chi connectivity index (χ2n) is 6.19. The minimum atomic E-state index is -0.476. The van der Waals surface area contributed by atoms with E-state index in [1.54, 1.807) is 48.5 Å². The number of hydrogen-bond acceptors (Lipinski definition) is 4. The summed E-state index contributed by atoms with van der Waals surface area (Å²) in [5.74, 6) is -1.13.